The summed E-state index contributed by atoms with van der Waals surface area (Å²) in [6.45, 7) is 0.481. The summed E-state index contributed by atoms with van der Waals surface area (Å²) in [6.07, 6.45) is -4.52. The number of ether oxygens (including phenoxy) is 1. The van der Waals surface area contributed by atoms with Gasteiger partial charge < -0.3 is 19.1 Å². The lowest BCUT2D eigenvalue weighted by Gasteiger charge is -2.42. The molecule has 1 aromatic heterocycles. The Morgan fingerprint density at radius 2 is 2.03 bits per heavy atom. The number of amides is 2. The smallest absolute Gasteiger partial charge is 0.379 e. The zero-order valence-corrected chi connectivity index (χ0v) is 16.9. The molecule has 1 saturated carbocycles. The van der Waals surface area contributed by atoms with Crippen LogP contribution < -0.4 is 0 Å². The maximum absolute atomic E-state index is 13.7. The normalized spacial score (nSPS) is 26.3. The molecule has 1 aliphatic carbocycles. The Labute approximate surface area is 183 Å². The van der Waals surface area contributed by atoms with E-state index in [1.165, 1.54) is 17.0 Å². The fourth-order valence-electron chi connectivity index (χ4n) is 4.45. The highest BCUT2D eigenvalue weighted by atomic mass is 19.4. The molecule has 2 aromatic rings. The summed E-state index contributed by atoms with van der Waals surface area (Å²) in [7, 11) is 0. The van der Waals surface area contributed by atoms with Crippen LogP contribution in [0.3, 0.4) is 0 Å². The average Bonchev–Trinajstić information content (AvgIpc) is 3.13. The van der Waals surface area contributed by atoms with Crippen LogP contribution in [0.1, 0.15) is 34.7 Å². The number of aromatic nitrogens is 2. The summed E-state index contributed by atoms with van der Waals surface area (Å²) in [5.41, 5.74) is 0.985. The van der Waals surface area contributed by atoms with Crippen molar-refractivity contribution in [3.05, 3.63) is 35.2 Å². The standard InChI is InChI=1S/C20H17F5N4O4/c21-19(22)6-15(19)29(9-30)13-3-4-32-8-14(13)28-7-11-2-1-10(5-12(11)17(28)31)16-26-18(33-27-16)20(23,24)25/h1-2,5,9,13-15H,3-4,6-8H2/t13-,14-,15+/m1/s1. The summed E-state index contributed by atoms with van der Waals surface area (Å²) >= 11 is 0. The second kappa shape index (κ2) is 7.47. The first-order valence-corrected chi connectivity index (χ1v) is 10.1. The molecular formula is C20H17F5N4O4. The number of carbonyl (C=O) groups excluding carboxylic acids is 2. The van der Waals surface area contributed by atoms with E-state index in [0.717, 1.165) is 4.90 Å². The molecule has 3 heterocycles. The maximum atomic E-state index is 13.7. The van der Waals surface area contributed by atoms with Gasteiger partial charge in [-0.1, -0.05) is 17.3 Å². The van der Waals surface area contributed by atoms with Gasteiger partial charge in [-0.15, -0.1) is 0 Å². The zero-order valence-electron chi connectivity index (χ0n) is 16.9. The van der Waals surface area contributed by atoms with E-state index >= 15 is 0 Å². The summed E-state index contributed by atoms with van der Waals surface area (Å²) < 4.78 is 75.3. The van der Waals surface area contributed by atoms with Gasteiger partial charge in [-0.25, -0.2) is 8.78 Å². The van der Waals surface area contributed by atoms with Gasteiger partial charge in [-0.2, -0.15) is 18.2 Å². The first-order valence-electron chi connectivity index (χ1n) is 10.1. The maximum Gasteiger partial charge on any atom is 0.471 e. The lowest BCUT2D eigenvalue weighted by molar-refractivity contribution is -0.159. The summed E-state index contributed by atoms with van der Waals surface area (Å²) in [6, 6.07) is 1.92. The Morgan fingerprint density at radius 1 is 1.27 bits per heavy atom. The van der Waals surface area contributed by atoms with Crippen molar-refractivity contribution >= 4 is 12.3 Å². The van der Waals surface area contributed by atoms with Gasteiger partial charge in [0.1, 0.15) is 6.04 Å². The van der Waals surface area contributed by atoms with Gasteiger partial charge in [-0.3, -0.25) is 9.59 Å². The molecule has 2 aliphatic heterocycles. The Morgan fingerprint density at radius 3 is 2.67 bits per heavy atom. The lowest BCUT2D eigenvalue weighted by atomic mass is 10.00. The first-order chi connectivity index (χ1) is 15.6. The number of hydrogen-bond acceptors (Lipinski definition) is 6. The van der Waals surface area contributed by atoms with Crippen molar-refractivity contribution in [2.45, 2.75) is 49.6 Å². The summed E-state index contributed by atoms with van der Waals surface area (Å²) in [4.78, 5) is 30.7. The van der Waals surface area contributed by atoms with Crippen molar-refractivity contribution in [3.63, 3.8) is 0 Å². The molecule has 1 aromatic carbocycles. The number of fused-ring (bicyclic) bond motifs is 1. The van der Waals surface area contributed by atoms with Crippen LogP contribution in [0.5, 0.6) is 0 Å². The van der Waals surface area contributed by atoms with Crippen molar-refractivity contribution in [1.29, 1.82) is 0 Å². The van der Waals surface area contributed by atoms with E-state index in [2.05, 4.69) is 14.7 Å². The number of halogens is 5. The molecule has 0 N–H and O–H groups in total. The highest BCUT2D eigenvalue weighted by molar-refractivity contribution is 5.99. The van der Waals surface area contributed by atoms with Gasteiger partial charge in [0, 0.05) is 30.7 Å². The number of carbonyl (C=O) groups is 2. The fraction of sp³-hybridized carbons (Fsp3) is 0.500. The Hall–Kier alpha value is -3.09. The molecule has 13 heteroatoms. The van der Waals surface area contributed by atoms with E-state index in [1.807, 2.05) is 0 Å². The number of alkyl halides is 5. The SMILES string of the molecule is O=CN([C@@H]1CCOC[C@H]1N1Cc2ccc(-c3noc(C(F)(F)F)n3)cc2C1=O)[C@H]1CC1(F)F. The molecule has 5 rings (SSSR count). The van der Waals surface area contributed by atoms with E-state index in [9.17, 15) is 31.5 Å². The second-order valence-electron chi connectivity index (χ2n) is 8.26. The van der Waals surface area contributed by atoms with Crippen LogP contribution in [0.4, 0.5) is 22.0 Å². The fourth-order valence-corrected chi connectivity index (χ4v) is 4.45. The topological polar surface area (TPSA) is 88.8 Å². The molecule has 0 spiro atoms. The number of nitrogens with zero attached hydrogens (tertiary/aromatic N) is 4. The van der Waals surface area contributed by atoms with Crippen molar-refractivity contribution < 1.29 is 40.8 Å². The van der Waals surface area contributed by atoms with Crippen molar-refractivity contribution in [1.82, 2.24) is 19.9 Å². The molecule has 0 bridgehead atoms. The first kappa shape index (κ1) is 21.7. The predicted molar refractivity (Wildman–Crippen MR) is 98.9 cm³/mol. The van der Waals surface area contributed by atoms with Gasteiger partial charge in [0.15, 0.2) is 0 Å². The van der Waals surface area contributed by atoms with E-state index in [1.54, 1.807) is 6.07 Å². The Kier molecular flexibility index (Phi) is 4.92. The number of benzene rings is 1. The third-order valence-corrected chi connectivity index (χ3v) is 6.22. The van der Waals surface area contributed by atoms with Crippen LogP contribution in [0.2, 0.25) is 0 Å². The molecule has 3 aliphatic rings. The highest BCUT2D eigenvalue weighted by Crippen LogP contribution is 2.47. The van der Waals surface area contributed by atoms with E-state index < -0.39 is 48.4 Å². The average molecular weight is 472 g/mol. The van der Waals surface area contributed by atoms with Crippen molar-refractivity contribution in [3.8, 4) is 11.4 Å². The number of hydrogen-bond donors (Lipinski definition) is 0. The second-order valence-corrected chi connectivity index (χ2v) is 8.26. The van der Waals surface area contributed by atoms with Crippen molar-refractivity contribution in [2.75, 3.05) is 13.2 Å². The van der Waals surface area contributed by atoms with Gasteiger partial charge in [0.2, 0.25) is 12.2 Å². The van der Waals surface area contributed by atoms with Crippen LogP contribution in [0.25, 0.3) is 11.4 Å². The molecule has 176 valence electrons. The van der Waals surface area contributed by atoms with E-state index in [-0.39, 0.29) is 36.7 Å². The monoisotopic (exact) mass is 472 g/mol. The molecule has 1 saturated heterocycles. The van der Waals surface area contributed by atoms with Gasteiger partial charge in [0.05, 0.1) is 18.7 Å². The third-order valence-electron chi connectivity index (χ3n) is 6.22. The molecule has 8 nitrogen and oxygen atoms in total. The largest absolute Gasteiger partial charge is 0.471 e. The van der Waals surface area contributed by atoms with Crippen LogP contribution in [-0.4, -0.2) is 69.5 Å². The van der Waals surface area contributed by atoms with Gasteiger partial charge in [0.25, 0.3) is 11.8 Å². The molecule has 2 fully saturated rings. The predicted octanol–water partition coefficient (Wildman–Crippen LogP) is 2.73. The van der Waals surface area contributed by atoms with Crippen molar-refractivity contribution in [2.24, 2.45) is 0 Å². The molecule has 0 unspecified atom stereocenters. The highest BCUT2D eigenvalue weighted by Gasteiger charge is 2.62. The molecular weight excluding hydrogens is 455 g/mol. The molecule has 33 heavy (non-hydrogen) atoms. The Bertz CT molecular complexity index is 1100. The quantitative estimate of drug-likeness (QED) is 0.491. The van der Waals surface area contributed by atoms with E-state index in [0.29, 0.717) is 18.4 Å². The minimum atomic E-state index is -4.80. The van der Waals surface area contributed by atoms with Crippen LogP contribution >= 0.6 is 0 Å². The molecule has 0 radical (unpaired) electrons. The molecule has 2 amide bonds. The lowest BCUT2D eigenvalue weighted by Crippen LogP contribution is -2.57. The van der Waals surface area contributed by atoms with Crippen LogP contribution in [0, 0.1) is 0 Å². The van der Waals surface area contributed by atoms with E-state index in [4.69, 9.17) is 4.74 Å². The number of rotatable bonds is 5. The minimum Gasteiger partial charge on any atom is -0.379 e. The minimum absolute atomic E-state index is 0.0691. The molecule has 3 atom stereocenters. The summed E-state index contributed by atoms with van der Waals surface area (Å²) in [5, 5.41) is 3.33. The van der Waals surface area contributed by atoms with Gasteiger partial charge in [-0.05, 0) is 18.1 Å². The van der Waals surface area contributed by atoms with Gasteiger partial charge >= 0.3 is 12.1 Å². The Balaban J connectivity index is 1.40. The van der Waals surface area contributed by atoms with Crippen LogP contribution in [-0.2, 0) is 22.3 Å². The third kappa shape index (κ3) is 3.73. The summed E-state index contributed by atoms with van der Waals surface area (Å²) in [5.74, 6) is -5.21. The van der Waals surface area contributed by atoms with Crippen LogP contribution in [0.15, 0.2) is 22.7 Å². The zero-order chi connectivity index (χ0) is 23.5.